The van der Waals surface area contributed by atoms with Gasteiger partial charge in [0.05, 0.1) is 19.4 Å². The van der Waals surface area contributed by atoms with Crippen molar-refractivity contribution in [1.82, 2.24) is 10.7 Å². The van der Waals surface area contributed by atoms with E-state index in [1.807, 2.05) is 25.1 Å². The molecule has 0 bridgehead atoms. The maximum absolute atomic E-state index is 5.32. The lowest BCUT2D eigenvalue weighted by Crippen LogP contribution is -3.00. The Kier molecular flexibility index (Phi) is 6.11. The summed E-state index contributed by atoms with van der Waals surface area (Å²) in [7, 11) is 1.65. The summed E-state index contributed by atoms with van der Waals surface area (Å²) in [6, 6.07) is 5.82. The summed E-state index contributed by atoms with van der Waals surface area (Å²) in [5.74, 6) is 1.51. The number of hydrogen-bond donors (Lipinski definition) is 2. The van der Waals surface area contributed by atoms with E-state index in [1.165, 1.54) is 0 Å². The summed E-state index contributed by atoms with van der Waals surface area (Å²) >= 11 is 3.44. The van der Waals surface area contributed by atoms with Crippen molar-refractivity contribution < 1.29 is 17.1 Å². The minimum absolute atomic E-state index is 0. The first-order valence-electron chi connectivity index (χ1n) is 5.63. The van der Waals surface area contributed by atoms with Crippen LogP contribution in [0.1, 0.15) is 12.5 Å². The molecular formula is C12H15BrClN4O-. The Morgan fingerprint density at radius 1 is 1.53 bits per heavy atom. The third kappa shape index (κ3) is 4.11. The van der Waals surface area contributed by atoms with E-state index in [2.05, 4.69) is 36.8 Å². The average Bonchev–Trinajstić information content (AvgIpc) is 2.89. The zero-order chi connectivity index (χ0) is 13.0. The normalized spacial score (nSPS) is 14.3. The zero-order valence-electron chi connectivity index (χ0n) is 10.7. The molecule has 0 spiro atoms. The van der Waals surface area contributed by atoms with Gasteiger partial charge in [0.15, 0.2) is 0 Å². The largest absolute Gasteiger partial charge is 1.00 e. The van der Waals surface area contributed by atoms with Crippen LogP contribution in [0.25, 0.3) is 0 Å². The molecule has 1 aromatic rings. The van der Waals surface area contributed by atoms with Gasteiger partial charge in [-0.15, -0.1) is 0 Å². The van der Waals surface area contributed by atoms with Gasteiger partial charge in [0.2, 0.25) is 5.96 Å². The number of nitrogens with zero attached hydrogens (tertiary/aromatic N) is 2. The second-order valence-corrected chi connectivity index (χ2v) is 4.73. The lowest BCUT2D eigenvalue weighted by atomic mass is 10.1. The first-order chi connectivity index (χ1) is 8.70. The Labute approximate surface area is 127 Å². The fourth-order valence-electron chi connectivity index (χ4n) is 1.63. The minimum atomic E-state index is 0. The monoisotopic (exact) mass is 345 g/mol. The van der Waals surface area contributed by atoms with E-state index in [1.54, 1.807) is 7.11 Å². The van der Waals surface area contributed by atoms with E-state index in [9.17, 15) is 0 Å². The number of nitrogens with one attached hydrogen (secondary N) is 2. The van der Waals surface area contributed by atoms with Gasteiger partial charge in [0, 0.05) is 16.6 Å². The molecule has 2 N–H and O–H groups in total. The van der Waals surface area contributed by atoms with Crippen LogP contribution in [0.3, 0.4) is 0 Å². The topological polar surface area (TPSA) is 58.0 Å². The zero-order valence-corrected chi connectivity index (χ0v) is 13.0. The molecular weight excluding hydrogens is 332 g/mol. The number of guanidine groups is 1. The first-order valence-corrected chi connectivity index (χ1v) is 6.42. The van der Waals surface area contributed by atoms with Crippen LogP contribution in [0.4, 0.5) is 0 Å². The van der Waals surface area contributed by atoms with E-state index in [-0.39, 0.29) is 12.4 Å². The fraction of sp³-hybridized carbons (Fsp3) is 0.333. The molecule has 0 atom stereocenters. The van der Waals surface area contributed by atoms with Crippen LogP contribution in [0.2, 0.25) is 0 Å². The van der Waals surface area contributed by atoms with E-state index < -0.39 is 0 Å². The van der Waals surface area contributed by atoms with Crippen LogP contribution in [-0.2, 0) is 0 Å². The third-order valence-electron chi connectivity index (χ3n) is 2.55. The Hall–Kier alpha value is -1.27. The highest BCUT2D eigenvalue weighted by Crippen LogP contribution is 2.23. The van der Waals surface area contributed by atoms with Gasteiger partial charge >= 0.3 is 0 Å². The molecule has 0 aliphatic carbocycles. The summed E-state index contributed by atoms with van der Waals surface area (Å²) in [6.45, 7) is 3.57. The van der Waals surface area contributed by atoms with Crippen molar-refractivity contribution in [1.29, 1.82) is 0 Å². The van der Waals surface area contributed by atoms with Gasteiger partial charge in [-0.1, -0.05) is 15.9 Å². The second kappa shape index (κ2) is 7.35. The maximum atomic E-state index is 5.32. The van der Waals surface area contributed by atoms with Crippen LogP contribution in [0, 0.1) is 0 Å². The quantitative estimate of drug-likeness (QED) is 0.530. The van der Waals surface area contributed by atoms with Crippen LogP contribution in [0.15, 0.2) is 32.8 Å². The highest BCUT2D eigenvalue weighted by Gasteiger charge is 2.08. The van der Waals surface area contributed by atoms with Crippen LogP contribution < -0.4 is 27.9 Å². The second-order valence-electron chi connectivity index (χ2n) is 3.81. The Balaban J connectivity index is 0.00000180. The molecule has 1 heterocycles. The number of halogens is 2. The van der Waals surface area contributed by atoms with Crippen molar-refractivity contribution >= 4 is 27.6 Å². The van der Waals surface area contributed by atoms with E-state index in [0.717, 1.165) is 34.6 Å². The predicted octanol–water partition coefficient (Wildman–Crippen LogP) is -1.27. The smallest absolute Gasteiger partial charge is 0.212 e. The molecule has 1 aliphatic rings. The summed E-state index contributed by atoms with van der Waals surface area (Å²) in [4.78, 5) is 4.21. The molecule has 2 rings (SSSR count). The predicted molar refractivity (Wildman–Crippen MR) is 76.3 cm³/mol. The van der Waals surface area contributed by atoms with Crippen molar-refractivity contribution in [3.8, 4) is 5.75 Å². The van der Waals surface area contributed by atoms with Crippen molar-refractivity contribution in [2.24, 2.45) is 10.1 Å². The Morgan fingerprint density at radius 3 is 2.95 bits per heavy atom. The van der Waals surface area contributed by atoms with Crippen molar-refractivity contribution in [3.05, 3.63) is 28.2 Å². The maximum Gasteiger partial charge on any atom is 0.212 e. The molecule has 0 radical (unpaired) electrons. The summed E-state index contributed by atoms with van der Waals surface area (Å²) in [5.41, 5.74) is 4.69. The number of methoxy groups -OCH3 is 1. The molecule has 0 fully saturated rings. The highest BCUT2D eigenvalue weighted by atomic mass is 79.9. The number of rotatable bonds is 3. The molecule has 1 aromatic carbocycles. The number of hydrogen-bond acceptors (Lipinski definition) is 5. The van der Waals surface area contributed by atoms with Crippen LogP contribution in [-0.4, -0.2) is 31.9 Å². The van der Waals surface area contributed by atoms with E-state index >= 15 is 0 Å². The molecule has 0 saturated heterocycles. The highest BCUT2D eigenvalue weighted by molar-refractivity contribution is 9.10. The molecule has 0 aromatic heterocycles. The SMILES string of the molecule is COc1ccc(Br)cc1C(C)=NNC1=NCCN1.[Cl-]. The lowest BCUT2D eigenvalue weighted by Gasteiger charge is -2.09. The number of ether oxygens (including phenoxy) is 1. The van der Waals surface area contributed by atoms with E-state index in [0.29, 0.717) is 5.96 Å². The molecule has 19 heavy (non-hydrogen) atoms. The summed E-state index contributed by atoms with van der Waals surface area (Å²) < 4.78 is 6.31. The van der Waals surface area contributed by atoms with Gasteiger partial charge in [-0.3, -0.25) is 0 Å². The van der Waals surface area contributed by atoms with Crippen LogP contribution >= 0.6 is 15.9 Å². The Bertz CT molecular complexity index is 505. The minimum Gasteiger partial charge on any atom is -1.00 e. The number of aliphatic imine (C=N–C) groups is 1. The average molecular weight is 347 g/mol. The van der Waals surface area contributed by atoms with Gasteiger partial charge in [-0.25, -0.2) is 10.4 Å². The number of benzene rings is 1. The molecule has 0 saturated carbocycles. The first kappa shape index (κ1) is 15.8. The summed E-state index contributed by atoms with van der Waals surface area (Å²) in [5, 5.41) is 7.39. The molecule has 0 unspecified atom stereocenters. The van der Waals surface area contributed by atoms with Crippen LogP contribution in [0.5, 0.6) is 5.75 Å². The van der Waals surface area contributed by atoms with Gasteiger partial charge in [-0.2, -0.15) is 5.10 Å². The molecule has 104 valence electrons. The summed E-state index contributed by atoms with van der Waals surface area (Å²) in [6.07, 6.45) is 0. The van der Waals surface area contributed by atoms with Gasteiger partial charge in [-0.05, 0) is 25.1 Å². The lowest BCUT2D eigenvalue weighted by molar-refractivity contribution is -0.00000409. The molecule has 5 nitrogen and oxygen atoms in total. The fourth-order valence-corrected chi connectivity index (χ4v) is 1.99. The number of hydrazone groups is 1. The standard InChI is InChI=1S/C12H15BrN4O.ClH/c1-8(16-17-12-14-5-6-15-12)10-7-9(13)3-4-11(10)18-2;/h3-4,7H,5-6H2,1-2H3,(H2,14,15,17);1H/p-1. The molecule has 1 aliphatic heterocycles. The third-order valence-corrected chi connectivity index (χ3v) is 3.05. The van der Waals surface area contributed by atoms with Crippen molar-refractivity contribution in [2.45, 2.75) is 6.92 Å². The molecule has 0 amide bonds. The van der Waals surface area contributed by atoms with Crippen molar-refractivity contribution in [2.75, 3.05) is 20.2 Å². The van der Waals surface area contributed by atoms with E-state index in [4.69, 9.17) is 4.74 Å². The van der Waals surface area contributed by atoms with Crippen molar-refractivity contribution in [3.63, 3.8) is 0 Å². The van der Waals surface area contributed by atoms with Gasteiger partial charge < -0.3 is 22.5 Å². The van der Waals surface area contributed by atoms with Gasteiger partial charge in [0.1, 0.15) is 5.75 Å². The Morgan fingerprint density at radius 2 is 2.32 bits per heavy atom. The van der Waals surface area contributed by atoms with Gasteiger partial charge in [0.25, 0.3) is 0 Å². The molecule has 7 heteroatoms.